The van der Waals surface area contributed by atoms with Crippen molar-refractivity contribution in [2.45, 2.75) is 18.9 Å². The predicted molar refractivity (Wildman–Crippen MR) is 102 cm³/mol. The number of nitrogens with zero attached hydrogens (tertiary/aromatic N) is 2. The zero-order chi connectivity index (χ0) is 16.1. The van der Waals surface area contributed by atoms with Gasteiger partial charge in [-0.05, 0) is 30.9 Å². The first-order valence-electron chi connectivity index (χ1n) is 8.17. The fraction of sp³-hybridized carbons (Fsp3) is 0.625. The van der Waals surface area contributed by atoms with Crippen LogP contribution in [-0.2, 0) is 14.3 Å². The average Bonchev–Trinajstić information content (AvgIpc) is 2.63. The number of hydrogen-bond donors (Lipinski definition) is 2. The number of nitrogens with one attached hydrogen (secondary N) is 1. The molecule has 2 aliphatic rings. The van der Waals surface area contributed by atoms with Gasteiger partial charge in [-0.1, -0.05) is 0 Å². The van der Waals surface area contributed by atoms with Crippen molar-refractivity contribution in [3.63, 3.8) is 0 Å². The maximum absolute atomic E-state index is 12.3. The van der Waals surface area contributed by atoms with Gasteiger partial charge in [-0.15, -0.1) is 24.8 Å². The molecular weight excluding hydrogens is 367 g/mol. The van der Waals surface area contributed by atoms with E-state index < -0.39 is 6.04 Å². The Balaban J connectivity index is 0.00000156. The second kappa shape index (κ2) is 10.8. The highest BCUT2D eigenvalue weighted by molar-refractivity contribution is 5.94. The summed E-state index contributed by atoms with van der Waals surface area (Å²) in [5, 5.41) is 2.86. The van der Waals surface area contributed by atoms with Crippen molar-refractivity contribution in [1.82, 2.24) is 4.98 Å². The highest BCUT2D eigenvalue weighted by Crippen LogP contribution is 2.20. The van der Waals surface area contributed by atoms with Crippen molar-refractivity contribution in [2.24, 2.45) is 11.7 Å². The summed E-state index contributed by atoms with van der Waals surface area (Å²) >= 11 is 0. The number of amides is 1. The largest absolute Gasteiger partial charge is 0.381 e. The molecule has 2 fully saturated rings. The normalized spacial score (nSPS) is 19.3. The third-order valence-electron chi connectivity index (χ3n) is 4.43. The Bertz CT molecular complexity index is 521. The summed E-state index contributed by atoms with van der Waals surface area (Å²) in [7, 11) is 0. The third-order valence-corrected chi connectivity index (χ3v) is 4.43. The molecule has 25 heavy (non-hydrogen) atoms. The van der Waals surface area contributed by atoms with Crippen molar-refractivity contribution >= 4 is 42.2 Å². The summed E-state index contributed by atoms with van der Waals surface area (Å²) in [4.78, 5) is 18.9. The van der Waals surface area contributed by atoms with E-state index in [2.05, 4.69) is 15.2 Å². The smallest absolute Gasteiger partial charge is 0.241 e. The topological polar surface area (TPSA) is 89.7 Å². The van der Waals surface area contributed by atoms with E-state index in [1.807, 2.05) is 12.1 Å². The molecule has 1 aromatic heterocycles. The van der Waals surface area contributed by atoms with E-state index in [0.717, 1.165) is 45.0 Å². The standard InChI is InChI=1S/C16H24N4O3.2ClH/c17-15(12-3-7-22-8-4-12)16(21)19-13-1-2-14(18-11-13)20-5-9-23-10-6-20;;/h1-2,11-12,15H,3-10,17H2,(H,19,21);2*1H. The van der Waals surface area contributed by atoms with Gasteiger partial charge < -0.3 is 25.4 Å². The lowest BCUT2D eigenvalue weighted by Crippen LogP contribution is -2.44. The van der Waals surface area contributed by atoms with Crippen molar-refractivity contribution in [2.75, 3.05) is 49.7 Å². The van der Waals surface area contributed by atoms with Gasteiger partial charge in [0.25, 0.3) is 0 Å². The van der Waals surface area contributed by atoms with Gasteiger partial charge in [-0.2, -0.15) is 0 Å². The predicted octanol–water partition coefficient (Wildman–Crippen LogP) is 1.45. The molecule has 3 rings (SSSR count). The van der Waals surface area contributed by atoms with Gasteiger partial charge in [-0.3, -0.25) is 4.79 Å². The van der Waals surface area contributed by atoms with E-state index in [1.54, 1.807) is 6.20 Å². The fourth-order valence-corrected chi connectivity index (χ4v) is 2.95. The number of pyridine rings is 1. The molecule has 7 nitrogen and oxygen atoms in total. The molecule has 1 atom stereocenters. The highest BCUT2D eigenvalue weighted by atomic mass is 35.5. The Morgan fingerprint density at radius 3 is 2.40 bits per heavy atom. The van der Waals surface area contributed by atoms with Crippen LogP contribution in [-0.4, -0.2) is 56.5 Å². The second-order valence-electron chi connectivity index (χ2n) is 5.97. The molecule has 0 bridgehead atoms. The molecular formula is C16H26Cl2N4O3. The minimum atomic E-state index is -0.502. The number of rotatable bonds is 4. The lowest BCUT2D eigenvalue weighted by atomic mass is 9.92. The number of hydrogen-bond acceptors (Lipinski definition) is 6. The van der Waals surface area contributed by atoms with Crippen LogP contribution in [0.15, 0.2) is 18.3 Å². The summed E-state index contributed by atoms with van der Waals surface area (Å²) in [6.07, 6.45) is 3.35. The van der Waals surface area contributed by atoms with Gasteiger partial charge in [0.1, 0.15) is 5.82 Å². The lowest BCUT2D eigenvalue weighted by Gasteiger charge is -2.28. The minimum absolute atomic E-state index is 0. The molecule has 2 saturated heterocycles. The maximum atomic E-state index is 12.3. The van der Waals surface area contributed by atoms with E-state index in [1.165, 1.54) is 0 Å². The van der Waals surface area contributed by atoms with Crippen LogP contribution < -0.4 is 16.0 Å². The van der Waals surface area contributed by atoms with Crippen LogP contribution in [0.5, 0.6) is 0 Å². The number of carbonyl (C=O) groups is 1. The van der Waals surface area contributed by atoms with Gasteiger partial charge in [0, 0.05) is 26.3 Å². The van der Waals surface area contributed by atoms with Crippen LogP contribution in [0.4, 0.5) is 11.5 Å². The number of ether oxygens (including phenoxy) is 2. The maximum Gasteiger partial charge on any atom is 0.241 e. The first kappa shape index (κ1) is 21.9. The van der Waals surface area contributed by atoms with E-state index in [9.17, 15) is 4.79 Å². The van der Waals surface area contributed by atoms with Crippen LogP contribution >= 0.6 is 24.8 Å². The van der Waals surface area contributed by atoms with Crippen molar-refractivity contribution in [1.29, 1.82) is 0 Å². The zero-order valence-corrected chi connectivity index (χ0v) is 15.7. The van der Waals surface area contributed by atoms with Gasteiger partial charge in [0.2, 0.25) is 5.91 Å². The SMILES string of the molecule is Cl.Cl.NC(C(=O)Nc1ccc(N2CCOCC2)nc1)C1CCOCC1. The average molecular weight is 393 g/mol. The van der Waals surface area contributed by atoms with Crippen molar-refractivity contribution < 1.29 is 14.3 Å². The molecule has 3 heterocycles. The summed E-state index contributed by atoms with van der Waals surface area (Å²) in [6, 6.07) is 3.28. The Labute approximate surface area is 160 Å². The molecule has 2 aliphatic heterocycles. The number of nitrogens with two attached hydrogens (primary N) is 1. The first-order chi connectivity index (χ1) is 11.2. The molecule has 0 saturated carbocycles. The van der Waals surface area contributed by atoms with Gasteiger partial charge in [0.15, 0.2) is 0 Å². The molecule has 1 amide bonds. The lowest BCUT2D eigenvalue weighted by molar-refractivity contribution is -0.119. The molecule has 0 spiro atoms. The number of halogens is 2. The number of carbonyl (C=O) groups excluding carboxylic acids is 1. The van der Waals surface area contributed by atoms with E-state index in [-0.39, 0.29) is 36.6 Å². The Kier molecular flexibility index (Phi) is 9.45. The Hall–Kier alpha value is -1.12. The van der Waals surface area contributed by atoms with Crippen LogP contribution in [0.25, 0.3) is 0 Å². The Morgan fingerprint density at radius 1 is 1.16 bits per heavy atom. The molecule has 0 aliphatic carbocycles. The zero-order valence-electron chi connectivity index (χ0n) is 14.1. The van der Waals surface area contributed by atoms with Crippen LogP contribution in [0.3, 0.4) is 0 Å². The highest BCUT2D eigenvalue weighted by Gasteiger charge is 2.26. The monoisotopic (exact) mass is 392 g/mol. The van der Waals surface area contributed by atoms with Gasteiger partial charge in [0.05, 0.1) is 31.1 Å². The van der Waals surface area contributed by atoms with E-state index >= 15 is 0 Å². The molecule has 0 aromatic carbocycles. The van der Waals surface area contributed by atoms with E-state index in [4.69, 9.17) is 15.2 Å². The van der Waals surface area contributed by atoms with Gasteiger partial charge >= 0.3 is 0 Å². The molecule has 3 N–H and O–H groups in total. The number of aromatic nitrogens is 1. The minimum Gasteiger partial charge on any atom is -0.381 e. The third kappa shape index (κ3) is 5.97. The molecule has 142 valence electrons. The molecule has 1 unspecified atom stereocenters. The quantitative estimate of drug-likeness (QED) is 0.805. The summed E-state index contributed by atoms with van der Waals surface area (Å²) in [5.74, 6) is 0.933. The number of anilines is 2. The van der Waals surface area contributed by atoms with E-state index in [0.29, 0.717) is 18.9 Å². The van der Waals surface area contributed by atoms with Crippen molar-refractivity contribution in [3.05, 3.63) is 18.3 Å². The summed E-state index contributed by atoms with van der Waals surface area (Å²) in [6.45, 7) is 4.49. The molecule has 1 aromatic rings. The Morgan fingerprint density at radius 2 is 1.80 bits per heavy atom. The fourth-order valence-electron chi connectivity index (χ4n) is 2.95. The molecule has 9 heteroatoms. The van der Waals surface area contributed by atoms with Crippen molar-refractivity contribution in [3.8, 4) is 0 Å². The van der Waals surface area contributed by atoms with Crippen LogP contribution in [0.1, 0.15) is 12.8 Å². The number of morpholine rings is 1. The first-order valence-corrected chi connectivity index (χ1v) is 8.17. The van der Waals surface area contributed by atoms with Crippen LogP contribution in [0.2, 0.25) is 0 Å². The van der Waals surface area contributed by atoms with Crippen LogP contribution in [0, 0.1) is 5.92 Å². The second-order valence-corrected chi connectivity index (χ2v) is 5.97. The van der Waals surface area contributed by atoms with Gasteiger partial charge in [-0.25, -0.2) is 4.98 Å². The summed E-state index contributed by atoms with van der Waals surface area (Å²) < 4.78 is 10.6. The summed E-state index contributed by atoms with van der Waals surface area (Å²) in [5.41, 5.74) is 6.75. The molecule has 0 radical (unpaired) electrons.